The van der Waals surface area contributed by atoms with Crippen molar-refractivity contribution in [2.24, 2.45) is 5.92 Å². The molecule has 0 aromatic heterocycles. The molecule has 0 heterocycles. The summed E-state index contributed by atoms with van der Waals surface area (Å²) in [5.41, 5.74) is 3.29. The summed E-state index contributed by atoms with van der Waals surface area (Å²) in [5.74, 6) is -4.97. The average Bonchev–Trinajstić information content (AvgIpc) is 2.30. The molecule has 3 atom stereocenters. The summed E-state index contributed by atoms with van der Waals surface area (Å²) >= 11 is 0. The number of carboxylic acid groups (broad SMARTS) is 3. The molecule has 3 unspecified atom stereocenters. The van der Waals surface area contributed by atoms with Gasteiger partial charge in [0, 0.05) is 25.2 Å². The maximum atomic E-state index is 11.8. The lowest BCUT2D eigenvalue weighted by molar-refractivity contribution is -0.407. The first-order valence-electron chi connectivity index (χ1n) is 5.86. The molecule has 0 bridgehead atoms. The van der Waals surface area contributed by atoms with Gasteiger partial charge in [0.05, 0.1) is 5.92 Å². The van der Waals surface area contributed by atoms with E-state index in [1.165, 1.54) is 0 Å². The van der Waals surface area contributed by atoms with E-state index in [1.54, 1.807) is 0 Å². The third kappa shape index (κ3) is 10.3. The molecule has 0 rings (SSSR count). The van der Waals surface area contributed by atoms with Crippen molar-refractivity contribution in [2.45, 2.75) is 25.3 Å². The standard InChI is InChI=1S/C10H18NO8P.ClH/c11-7(10(16)17)3-4-20(18,19)5-6(9(14)15)1-2-8(12)13;/h6-7H,1-5,11H2,(H,12,13)(H,14,15)(H,16,17)(H,18,19);1H. The van der Waals surface area contributed by atoms with E-state index < -0.39 is 49.8 Å². The van der Waals surface area contributed by atoms with E-state index in [-0.39, 0.29) is 31.4 Å². The largest absolute Gasteiger partial charge is 1.00 e. The zero-order valence-corrected chi connectivity index (χ0v) is 12.8. The maximum absolute atomic E-state index is 11.8. The molecule has 21 heavy (non-hydrogen) atoms. The molecule has 0 aliphatic rings. The van der Waals surface area contributed by atoms with Crippen LogP contribution in [-0.2, 0) is 18.9 Å². The van der Waals surface area contributed by atoms with Crippen LogP contribution < -0.4 is 18.1 Å². The summed E-state index contributed by atoms with van der Waals surface area (Å²) in [6, 6.07) is -1.04. The summed E-state index contributed by atoms with van der Waals surface area (Å²) in [6.07, 6.45) is -1.73. The number of aliphatic carboxylic acids is 3. The van der Waals surface area contributed by atoms with Gasteiger partial charge in [0.2, 0.25) is 7.37 Å². The second-order valence-corrected chi connectivity index (χ2v) is 7.05. The van der Waals surface area contributed by atoms with Crippen LogP contribution in [0.5, 0.6) is 0 Å². The second kappa shape index (κ2) is 9.73. The Hall–Kier alpha value is -1.15. The van der Waals surface area contributed by atoms with Crippen molar-refractivity contribution in [1.82, 2.24) is 0 Å². The van der Waals surface area contributed by atoms with Crippen LogP contribution in [0.2, 0.25) is 0 Å². The molecule has 0 aliphatic carbocycles. The number of carbonyl (C=O) groups is 3. The minimum absolute atomic E-state index is 0. The molecule has 9 nitrogen and oxygen atoms in total. The predicted octanol–water partition coefficient (Wildman–Crippen LogP) is -4.09. The summed E-state index contributed by atoms with van der Waals surface area (Å²) in [7, 11) is -3.83. The number of hydrogen-bond donors (Lipinski definition) is 5. The highest BCUT2D eigenvalue weighted by molar-refractivity contribution is 7.58. The minimum atomic E-state index is -3.83. The number of rotatable bonds is 10. The Labute approximate surface area is 127 Å². The number of carboxylic acids is 3. The Morgan fingerprint density at radius 3 is 1.95 bits per heavy atom. The Morgan fingerprint density at radius 1 is 1.05 bits per heavy atom. The maximum Gasteiger partial charge on any atom is 0.362 e. The van der Waals surface area contributed by atoms with E-state index in [9.17, 15) is 23.8 Å². The molecule has 11 heteroatoms. The van der Waals surface area contributed by atoms with E-state index in [0.29, 0.717) is 0 Å². The molecule has 0 aliphatic heterocycles. The summed E-state index contributed by atoms with van der Waals surface area (Å²) < 4.78 is 11.8. The van der Waals surface area contributed by atoms with E-state index in [0.717, 1.165) is 0 Å². The van der Waals surface area contributed by atoms with E-state index in [1.807, 2.05) is 0 Å². The van der Waals surface area contributed by atoms with Crippen molar-refractivity contribution in [3.8, 4) is 0 Å². The zero-order chi connectivity index (χ0) is 15.9. The Bertz CT molecular complexity index is 429. The van der Waals surface area contributed by atoms with Gasteiger partial charge >= 0.3 is 17.9 Å². The number of halogens is 1. The van der Waals surface area contributed by atoms with Gasteiger partial charge < -0.3 is 38.4 Å². The molecular weight excluding hydrogens is 329 g/mol. The highest BCUT2D eigenvalue weighted by atomic mass is 35.5. The molecule has 0 saturated carbocycles. The van der Waals surface area contributed by atoms with Gasteiger partial charge in [-0.1, -0.05) is 0 Å². The quantitative estimate of drug-likeness (QED) is 0.248. The molecule has 0 saturated heterocycles. The highest BCUT2D eigenvalue weighted by Gasteiger charge is 2.30. The van der Waals surface area contributed by atoms with Crippen molar-refractivity contribution < 1.29 is 57.3 Å². The van der Waals surface area contributed by atoms with Crippen LogP contribution in [-0.4, -0.2) is 56.5 Å². The fraction of sp³-hybridized carbons (Fsp3) is 0.700. The van der Waals surface area contributed by atoms with E-state index >= 15 is 0 Å². The summed E-state index contributed by atoms with van der Waals surface area (Å²) in [6.45, 7) is 0. The Kier molecular flexibility index (Phi) is 10.3. The molecular formula is C10H19ClNO8P. The van der Waals surface area contributed by atoms with Crippen LogP contribution in [0, 0.1) is 5.92 Å². The van der Waals surface area contributed by atoms with Gasteiger partial charge in [-0.25, -0.2) is 4.79 Å². The fourth-order valence-electron chi connectivity index (χ4n) is 1.51. The first-order chi connectivity index (χ1) is 9.05. The lowest BCUT2D eigenvalue weighted by atomic mass is 10.1. The monoisotopic (exact) mass is 347 g/mol. The third-order valence-electron chi connectivity index (χ3n) is 2.74. The normalized spacial score (nSPS) is 16.1. The molecule has 0 aromatic rings. The molecule has 124 valence electrons. The smallest absolute Gasteiger partial charge is 0.362 e. The lowest BCUT2D eigenvalue weighted by Crippen LogP contribution is -3.00. The van der Waals surface area contributed by atoms with Gasteiger partial charge in [-0.2, -0.15) is 0 Å². The Balaban J connectivity index is 0. The average molecular weight is 348 g/mol. The van der Waals surface area contributed by atoms with E-state index in [2.05, 4.69) is 5.73 Å². The SMILES string of the molecule is [Cl-].[NH3+]C(CCP(=O)(O)CC(CCC(=O)O)C(=O)O)C(=O)O. The van der Waals surface area contributed by atoms with E-state index in [4.69, 9.17) is 15.3 Å². The zero-order valence-electron chi connectivity index (χ0n) is 11.1. The van der Waals surface area contributed by atoms with Gasteiger partial charge in [0.15, 0.2) is 6.04 Å². The van der Waals surface area contributed by atoms with Gasteiger partial charge in [0.25, 0.3) is 0 Å². The summed E-state index contributed by atoms with van der Waals surface area (Å²) in [5, 5.41) is 26.0. The van der Waals surface area contributed by atoms with Crippen molar-refractivity contribution in [3.63, 3.8) is 0 Å². The first kappa shape index (κ1) is 22.1. The molecule has 0 aromatic carbocycles. The number of hydrogen-bond acceptors (Lipinski definition) is 4. The van der Waals surface area contributed by atoms with Gasteiger partial charge in [-0.15, -0.1) is 0 Å². The van der Waals surface area contributed by atoms with Crippen molar-refractivity contribution >= 4 is 25.3 Å². The predicted molar refractivity (Wildman–Crippen MR) is 66.5 cm³/mol. The van der Waals surface area contributed by atoms with Crippen LogP contribution in [0.25, 0.3) is 0 Å². The third-order valence-corrected chi connectivity index (χ3v) is 4.71. The molecule has 0 spiro atoms. The van der Waals surface area contributed by atoms with Crippen molar-refractivity contribution in [1.29, 1.82) is 0 Å². The van der Waals surface area contributed by atoms with Crippen molar-refractivity contribution in [2.75, 3.05) is 12.3 Å². The Morgan fingerprint density at radius 2 is 1.57 bits per heavy atom. The molecule has 0 amide bonds. The molecule has 7 N–H and O–H groups in total. The van der Waals surface area contributed by atoms with Crippen LogP contribution >= 0.6 is 7.37 Å². The van der Waals surface area contributed by atoms with Gasteiger partial charge in [-0.05, 0) is 6.42 Å². The van der Waals surface area contributed by atoms with Crippen LogP contribution in [0.1, 0.15) is 19.3 Å². The fourth-order valence-corrected chi connectivity index (χ4v) is 3.43. The number of quaternary nitrogens is 1. The van der Waals surface area contributed by atoms with Crippen LogP contribution in [0.3, 0.4) is 0 Å². The molecule has 0 radical (unpaired) electrons. The summed E-state index contributed by atoms with van der Waals surface area (Å²) in [4.78, 5) is 41.5. The first-order valence-corrected chi connectivity index (χ1v) is 7.89. The van der Waals surface area contributed by atoms with Crippen LogP contribution in [0.15, 0.2) is 0 Å². The van der Waals surface area contributed by atoms with Gasteiger partial charge in [0.1, 0.15) is 0 Å². The molecule has 0 fully saturated rings. The second-order valence-electron chi connectivity index (χ2n) is 4.54. The van der Waals surface area contributed by atoms with Crippen molar-refractivity contribution in [3.05, 3.63) is 0 Å². The highest BCUT2D eigenvalue weighted by Crippen LogP contribution is 2.44. The minimum Gasteiger partial charge on any atom is -1.00 e. The lowest BCUT2D eigenvalue weighted by Gasteiger charge is -2.17. The van der Waals surface area contributed by atoms with Crippen LogP contribution in [0.4, 0.5) is 0 Å². The topological polar surface area (TPSA) is 177 Å². The van der Waals surface area contributed by atoms with Gasteiger partial charge in [-0.3, -0.25) is 14.2 Å².